The summed E-state index contributed by atoms with van der Waals surface area (Å²) in [5.74, 6) is 0.406. The second-order valence-corrected chi connectivity index (χ2v) is 11.0. The van der Waals surface area contributed by atoms with Gasteiger partial charge in [0.15, 0.2) is 5.78 Å². The Labute approximate surface area is 227 Å². The third-order valence-electron chi connectivity index (χ3n) is 7.49. The molecule has 3 aromatic carbocycles. The number of hydrogen-bond acceptors (Lipinski definition) is 5. The molecule has 0 saturated heterocycles. The Bertz CT molecular complexity index is 1530. The number of hydrogen-bond donors (Lipinski definition) is 1. The van der Waals surface area contributed by atoms with Gasteiger partial charge in [-0.3, -0.25) is 9.69 Å². The van der Waals surface area contributed by atoms with E-state index in [-0.39, 0.29) is 11.6 Å². The number of ketones is 1. The zero-order valence-corrected chi connectivity index (χ0v) is 22.7. The third-order valence-corrected chi connectivity index (χ3v) is 8.55. The molecule has 1 heterocycles. The Hall–Kier alpha value is -3.82. The first-order chi connectivity index (χ1) is 18.3. The van der Waals surface area contributed by atoms with E-state index in [0.717, 1.165) is 56.9 Å². The molecule has 38 heavy (non-hydrogen) atoms. The van der Waals surface area contributed by atoms with Gasteiger partial charge in [-0.1, -0.05) is 35.9 Å². The van der Waals surface area contributed by atoms with Crippen molar-refractivity contribution in [1.82, 2.24) is 0 Å². The number of halogens is 1. The maximum atomic E-state index is 13.6. The van der Waals surface area contributed by atoms with E-state index in [1.165, 1.54) is 12.1 Å². The van der Waals surface area contributed by atoms with Crippen molar-refractivity contribution in [1.29, 1.82) is 5.26 Å². The summed E-state index contributed by atoms with van der Waals surface area (Å²) in [4.78, 5) is 16.5. The quantitative estimate of drug-likeness (QED) is 0.354. The molecular formula is C32H30FN3OS. The number of nitrogens with zero attached hydrogens (tertiary/aromatic N) is 2. The van der Waals surface area contributed by atoms with Crippen LogP contribution in [0, 0.1) is 37.9 Å². The normalized spacial score (nSPS) is 17.5. The van der Waals surface area contributed by atoms with Gasteiger partial charge in [0.05, 0.1) is 23.2 Å². The van der Waals surface area contributed by atoms with E-state index in [1.54, 1.807) is 23.9 Å². The van der Waals surface area contributed by atoms with Gasteiger partial charge >= 0.3 is 0 Å². The molecule has 0 saturated carbocycles. The predicted octanol–water partition coefficient (Wildman–Crippen LogP) is 7.35. The van der Waals surface area contributed by atoms with Crippen molar-refractivity contribution in [3.8, 4) is 6.07 Å². The van der Waals surface area contributed by atoms with Crippen LogP contribution in [0.4, 0.5) is 10.1 Å². The van der Waals surface area contributed by atoms with Crippen LogP contribution in [0.5, 0.6) is 0 Å². The van der Waals surface area contributed by atoms with E-state index in [0.29, 0.717) is 29.1 Å². The molecule has 4 nitrogen and oxygen atoms in total. The number of aryl methyl sites for hydroxylation is 2. The fourth-order valence-corrected chi connectivity index (χ4v) is 6.54. The number of para-hydroxylation sites is 1. The minimum absolute atomic E-state index is 0.0817. The lowest BCUT2D eigenvalue weighted by Crippen LogP contribution is -2.39. The zero-order valence-electron chi connectivity index (χ0n) is 21.8. The second-order valence-electron chi connectivity index (χ2n) is 9.98. The molecule has 0 bridgehead atoms. The van der Waals surface area contributed by atoms with Crippen molar-refractivity contribution in [3.63, 3.8) is 0 Å². The Morgan fingerprint density at radius 1 is 1.08 bits per heavy atom. The number of carbonyl (C=O) groups is 1. The monoisotopic (exact) mass is 523 g/mol. The zero-order chi connectivity index (χ0) is 27.0. The summed E-state index contributed by atoms with van der Waals surface area (Å²) in [7, 11) is 0. The Morgan fingerprint density at radius 3 is 2.53 bits per heavy atom. The smallest absolute Gasteiger partial charge is 0.161 e. The number of thioether (sulfide) groups is 1. The SMILES string of the molecule is Cc1cc(CSc2ccc(F)cc2)c(C)c(C2C(C#N)=C(N)N(c3ccccc3C)C3=C2C(=O)CCC3)c1. The highest BCUT2D eigenvalue weighted by Crippen LogP contribution is 2.48. The van der Waals surface area contributed by atoms with Crippen LogP contribution in [-0.4, -0.2) is 5.78 Å². The fraction of sp³-hybridized carbons (Fsp3) is 0.250. The van der Waals surface area contributed by atoms with Crippen molar-refractivity contribution in [2.75, 3.05) is 4.90 Å². The maximum absolute atomic E-state index is 13.6. The van der Waals surface area contributed by atoms with Crippen LogP contribution in [0.25, 0.3) is 0 Å². The van der Waals surface area contributed by atoms with Gasteiger partial charge < -0.3 is 5.73 Å². The van der Waals surface area contributed by atoms with Crippen molar-refractivity contribution in [2.24, 2.45) is 5.73 Å². The van der Waals surface area contributed by atoms with Crippen LogP contribution in [0.3, 0.4) is 0 Å². The lowest BCUT2D eigenvalue weighted by molar-refractivity contribution is -0.116. The van der Waals surface area contributed by atoms with Crippen LogP contribution in [0.1, 0.15) is 53.0 Å². The van der Waals surface area contributed by atoms with E-state index < -0.39 is 5.92 Å². The standard InChI is InChI=1S/C32H30FN3OS/c1-19-15-22(18-38-24-13-11-23(33)12-14-24)21(3)25(16-19)30-26(17-34)32(35)36(27-8-5-4-7-20(27)2)28-9-6-10-29(37)31(28)30/h4-5,7-8,11-16,30H,6,9-10,18,35H2,1-3H3. The largest absolute Gasteiger partial charge is 0.384 e. The van der Waals surface area contributed by atoms with E-state index in [4.69, 9.17) is 5.73 Å². The predicted molar refractivity (Wildman–Crippen MR) is 151 cm³/mol. The van der Waals surface area contributed by atoms with Gasteiger partial charge in [0.25, 0.3) is 0 Å². The van der Waals surface area contributed by atoms with E-state index in [2.05, 4.69) is 25.1 Å². The van der Waals surface area contributed by atoms with Crippen molar-refractivity contribution < 1.29 is 9.18 Å². The average molecular weight is 524 g/mol. The molecule has 1 aliphatic heterocycles. The summed E-state index contributed by atoms with van der Waals surface area (Å²) in [5, 5.41) is 10.4. The molecule has 0 aromatic heterocycles. The number of Topliss-reactive ketones (excluding diaryl/α,β-unsaturated/α-hetero) is 1. The Balaban J connectivity index is 1.64. The minimum atomic E-state index is -0.502. The number of carbonyl (C=O) groups excluding carboxylic acids is 1. The number of nitriles is 1. The average Bonchev–Trinajstić information content (AvgIpc) is 2.90. The molecule has 1 aliphatic carbocycles. The molecule has 6 heteroatoms. The van der Waals surface area contributed by atoms with E-state index >= 15 is 0 Å². The molecule has 5 rings (SSSR count). The van der Waals surface area contributed by atoms with Gasteiger partial charge in [-0.05, 0) is 86.2 Å². The first-order valence-electron chi connectivity index (χ1n) is 12.8. The number of rotatable bonds is 5. The van der Waals surface area contributed by atoms with Gasteiger partial charge in [0, 0.05) is 28.3 Å². The van der Waals surface area contributed by atoms with Crippen molar-refractivity contribution >= 4 is 23.2 Å². The van der Waals surface area contributed by atoms with Crippen LogP contribution in [-0.2, 0) is 10.5 Å². The van der Waals surface area contributed by atoms with Crippen molar-refractivity contribution in [3.05, 3.63) is 117 Å². The Morgan fingerprint density at radius 2 is 1.82 bits per heavy atom. The lowest BCUT2D eigenvalue weighted by Gasteiger charge is -2.40. The van der Waals surface area contributed by atoms with E-state index in [9.17, 15) is 14.4 Å². The molecule has 0 radical (unpaired) electrons. The highest BCUT2D eigenvalue weighted by atomic mass is 32.2. The minimum Gasteiger partial charge on any atom is -0.384 e. The van der Waals surface area contributed by atoms with Gasteiger partial charge in [-0.15, -0.1) is 11.8 Å². The maximum Gasteiger partial charge on any atom is 0.161 e. The molecule has 3 aromatic rings. The summed E-state index contributed by atoms with van der Waals surface area (Å²) in [6, 6.07) is 21.1. The van der Waals surface area contributed by atoms with Crippen LogP contribution in [0.2, 0.25) is 0 Å². The third kappa shape index (κ3) is 4.63. The lowest BCUT2D eigenvalue weighted by atomic mass is 9.73. The summed E-state index contributed by atoms with van der Waals surface area (Å²) < 4.78 is 13.4. The number of nitrogens with two attached hydrogens (primary N) is 1. The number of benzene rings is 3. The fourth-order valence-electron chi connectivity index (χ4n) is 5.59. The molecule has 0 spiro atoms. The first kappa shape index (κ1) is 25.8. The molecule has 192 valence electrons. The van der Waals surface area contributed by atoms with Crippen molar-refractivity contribution in [2.45, 2.75) is 56.6 Å². The summed E-state index contributed by atoms with van der Waals surface area (Å²) in [6.45, 7) is 6.11. The molecule has 2 aliphatic rings. The van der Waals surface area contributed by atoms with Crippen LogP contribution in [0.15, 0.2) is 88.2 Å². The van der Waals surface area contributed by atoms with E-state index in [1.807, 2.05) is 43.0 Å². The summed E-state index contributed by atoms with van der Waals surface area (Å²) in [5.41, 5.74) is 14.9. The summed E-state index contributed by atoms with van der Waals surface area (Å²) in [6.07, 6.45) is 1.95. The highest BCUT2D eigenvalue weighted by molar-refractivity contribution is 7.98. The second kappa shape index (κ2) is 10.5. The molecule has 1 unspecified atom stereocenters. The van der Waals surface area contributed by atoms with Gasteiger partial charge in [-0.25, -0.2) is 4.39 Å². The van der Waals surface area contributed by atoms with Gasteiger partial charge in [0.2, 0.25) is 0 Å². The number of allylic oxidation sites excluding steroid dienone is 3. The molecule has 1 atom stereocenters. The first-order valence-corrected chi connectivity index (χ1v) is 13.8. The molecule has 0 fully saturated rings. The topological polar surface area (TPSA) is 70.1 Å². The van der Waals surface area contributed by atoms with Gasteiger partial charge in [0.1, 0.15) is 11.6 Å². The van der Waals surface area contributed by atoms with Gasteiger partial charge in [-0.2, -0.15) is 5.26 Å². The molecule has 2 N–H and O–H groups in total. The van der Waals surface area contributed by atoms with Crippen LogP contribution < -0.4 is 10.6 Å². The number of anilines is 1. The highest BCUT2D eigenvalue weighted by Gasteiger charge is 2.41. The van der Waals surface area contributed by atoms with Crippen LogP contribution >= 0.6 is 11.8 Å². The molecule has 0 amide bonds. The Kier molecular flexibility index (Phi) is 7.14. The summed E-state index contributed by atoms with van der Waals surface area (Å²) >= 11 is 1.63. The molecular weight excluding hydrogens is 493 g/mol.